The Morgan fingerprint density at radius 3 is 2.53 bits per heavy atom. The highest BCUT2D eigenvalue weighted by Crippen LogP contribution is 2.04. The Morgan fingerprint density at radius 1 is 1.40 bits per heavy atom. The number of carbonyl (C=O) groups is 1. The van der Waals surface area contributed by atoms with Crippen LogP contribution >= 0.6 is 0 Å². The van der Waals surface area contributed by atoms with Gasteiger partial charge < -0.3 is 15.8 Å². The standard InChI is InChI=1S/C11H16N2O2/c1-8(2)15-11(14)13-7-9-3-5-10(12)6-4-9/h3-6,8H,7,12H2,1-2H3,(H,13,14). The Balaban J connectivity index is 2.37. The maximum atomic E-state index is 11.1. The summed E-state index contributed by atoms with van der Waals surface area (Å²) in [4.78, 5) is 11.1. The number of nitrogens with one attached hydrogen (secondary N) is 1. The van der Waals surface area contributed by atoms with Gasteiger partial charge in [-0.15, -0.1) is 0 Å². The second-order valence-electron chi connectivity index (χ2n) is 3.55. The van der Waals surface area contributed by atoms with Crippen LogP contribution in [0.5, 0.6) is 0 Å². The first-order valence-electron chi connectivity index (χ1n) is 4.87. The quantitative estimate of drug-likeness (QED) is 0.746. The van der Waals surface area contributed by atoms with Crippen LogP contribution in [0.4, 0.5) is 10.5 Å². The van der Waals surface area contributed by atoms with Crippen molar-refractivity contribution in [3.8, 4) is 0 Å². The van der Waals surface area contributed by atoms with Crippen molar-refractivity contribution in [1.29, 1.82) is 0 Å². The van der Waals surface area contributed by atoms with Gasteiger partial charge in [-0.3, -0.25) is 0 Å². The molecule has 0 unspecified atom stereocenters. The Bertz CT molecular complexity index is 320. The van der Waals surface area contributed by atoms with Crippen LogP contribution in [0.1, 0.15) is 19.4 Å². The smallest absolute Gasteiger partial charge is 0.407 e. The van der Waals surface area contributed by atoms with E-state index < -0.39 is 6.09 Å². The summed E-state index contributed by atoms with van der Waals surface area (Å²) in [5.41, 5.74) is 7.24. The molecule has 0 heterocycles. The normalized spacial score (nSPS) is 10.1. The van der Waals surface area contributed by atoms with Crippen molar-refractivity contribution in [2.75, 3.05) is 5.73 Å². The summed E-state index contributed by atoms with van der Waals surface area (Å²) in [7, 11) is 0. The van der Waals surface area contributed by atoms with E-state index in [1.165, 1.54) is 0 Å². The third kappa shape index (κ3) is 4.35. The van der Waals surface area contributed by atoms with Crippen LogP contribution < -0.4 is 11.1 Å². The average molecular weight is 208 g/mol. The minimum atomic E-state index is -0.401. The molecular formula is C11H16N2O2. The molecule has 0 bridgehead atoms. The molecule has 0 aliphatic heterocycles. The molecule has 0 radical (unpaired) electrons. The minimum Gasteiger partial charge on any atom is -0.447 e. The number of carbonyl (C=O) groups excluding carboxylic acids is 1. The Labute approximate surface area is 89.4 Å². The van der Waals surface area contributed by atoms with Gasteiger partial charge in [-0.05, 0) is 31.5 Å². The third-order valence-corrected chi connectivity index (χ3v) is 1.76. The zero-order valence-electron chi connectivity index (χ0n) is 8.99. The number of anilines is 1. The highest BCUT2D eigenvalue weighted by atomic mass is 16.6. The maximum Gasteiger partial charge on any atom is 0.407 e. The molecule has 0 aliphatic carbocycles. The van der Waals surface area contributed by atoms with Gasteiger partial charge in [-0.1, -0.05) is 12.1 Å². The Morgan fingerprint density at radius 2 is 2.00 bits per heavy atom. The fraction of sp³-hybridized carbons (Fsp3) is 0.364. The van der Waals surface area contributed by atoms with E-state index in [2.05, 4.69) is 5.32 Å². The molecule has 4 nitrogen and oxygen atoms in total. The monoisotopic (exact) mass is 208 g/mol. The summed E-state index contributed by atoms with van der Waals surface area (Å²) in [5, 5.41) is 2.65. The summed E-state index contributed by atoms with van der Waals surface area (Å²) >= 11 is 0. The minimum absolute atomic E-state index is 0.101. The first-order chi connectivity index (χ1) is 7.08. The lowest BCUT2D eigenvalue weighted by molar-refractivity contribution is 0.115. The number of rotatable bonds is 3. The van der Waals surface area contributed by atoms with E-state index in [-0.39, 0.29) is 6.10 Å². The van der Waals surface area contributed by atoms with Gasteiger partial charge in [0.25, 0.3) is 0 Å². The molecule has 4 heteroatoms. The van der Waals surface area contributed by atoms with Gasteiger partial charge in [0.05, 0.1) is 6.10 Å². The fourth-order valence-corrected chi connectivity index (χ4v) is 1.07. The lowest BCUT2D eigenvalue weighted by Crippen LogP contribution is -2.26. The largest absolute Gasteiger partial charge is 0.447 e. The molecule has 1 rings (SSSR count). The number of benzene rings is 1. The average Bonchev–Trinajstić information content (AvgIpc) is 2.16. The van der Waals surface area contributed by atoms with E-state index in [4.69, 9.17) is 10.5 Å². The summed E-state index contributed by atoms with van der Waals surface area (Å²) < 4.78 is 4.92. The van der Waals surface area contributed by atoms with Crippen molar-refractivity contribution in [2.45, 2.75) is 26.5 Å². The number of ether oxygens (including phenoxy) is 1. The van der Waals surface area contributed by atoms with E-state index in [0.717, 1.165) is 5.56 Å². The van der Waals surface area contributed by atoms with Crippen molar-refractivity contribution in [1.82, 2.24) is 5.32 Å². The number of hydrogen-bond acceptors (Lipinski definition) is 3. The van der Waals surface area contributed by atoms with Crippen LogP contribution in [0.2, 0.25) is 0 Å². The molecule has 0 saturated carbocycles. The first-order valence-corrected chi connectivity index (χ1v) is 4.87. The van der Waals surface area contributed by atoms with Gasteiger partial charge in [0.15, 0.2) is 0 Å². The van der Waals surface area contributed by atoms with Gasteiger partial charge in [0.1, 0.15) is 0 Å². The molecule has 0 aromatic heterocycles. The van der Waals surface area contributed by atoms with Crippen molar-refractivity contribution in [2.24, 2.45) is 0 Å². The molecular weight excluding hydrogens is 192 g/mol. The summed E-state index contributed by atoms with van der Waals surface area (Å²) in [6, 6.07) is 7.32. The number of amides is 1. The SMILES string of the molecule is CC(C)OC(=O)NCc1ccc(N)cc1. The van der Waals surface area contributed by atoms with Crippen molar-refractivity contribution < 1.29 is 9.53 Å². The van der Waals surface area contributed by atoms with E-state index in [1.54, 1.807) is 12.1 Å². The van der Waals surface area contributed by atoms with Crippen LogP contribution in [0.3, 0.4) is 0 Å². The van der Waals surface area contributed by atoms with Gasteiger partial charge in [0, 0.05) is 12.2 Å². The van der Waals surface area contributed by atoms with E-state index in [0.29, 0.717) is 12.2 Å². The molecule has 1 aromatic rings. The predicted octanol–water partition coefficient (Wildman–Crippen LogP) is 1.90. The number of hydrogen-bond donors (Lipinski definition) is 2. The zero-order valence-corrected chi connectivity index (χ0v) is 8.99. The Kier molecular flexibility index (Phi) is 3.97. The topological polar surface area (TPSA) is 64.3 Å². The van der Waals surface area contributed by atoms with Crippen molar-refractivity contribution >= 4 is 11.8 Å². The highest BCUT2D eigenvalue weighted by Gasteiger charge is 2.03. The van der Waals surface area contributed by atoms with Gasteiger partial charge in [0.2, 0.25) is 0 Å². The molecule has 0 saturated heterocycles. The predicted molar refractivity (Wildman–Crippen MR) is 59.3 cm³/mol. The molecule has 0 spiro atoms. The second kappa shape index (κ2) is 5.24. The number of nitrogen functional groups attached to an aromatic ring is 1. The van der Waals surface area contributed by atoms with Crippen molar-refractivity contribution in [3.63, 3.8) is 0 Å². The van der Waals surface area contributed by atoms with Crippen LogP contribution in [0, 0.1) is 0 Å². The summed E-state index contributed by atoms with van der Waals surface area (Å²) in [6.07, 6.45) is -0.502. The summed E-state index contributed by atoms with van der Waals surface area (Å²) in [6.45, 7) is 4.07. The molecule has 0 fully saturated rings. The van der Waals surface area contributed by atoms with E-state index in [1.807, 2.05) is 26.0 Å². The number of alkyl carbamates (subject to hydrolysis) is 1. The van der Waals surface area contributed by atoms with Gasteiger partial charge >= 0.3 is 6.09 Å². The van der Waals surface area contributed by atoms with Gasteiger partial charge in [-0.25, -0.2) is 4.79 Å². The maximum absolute atomic E-state index is 11.1. The summed E-state index contributed by atoms with van der Waals surface area (Å²) in [5.74, 6) is 0. The van der Waals surface area contributed by atoms with Crippen LogP contribution in [0.15, 0.2) is 24.3 Å². The number of nitrogens with two attached hydrogens (primary N) is 1. The second-order valence-corrected chi connectivity index (χ2v) is 3.55. The van der Waals surface area contributed by atoms with Crippen molar-refractivity contribution in [3.05, 3.63) is 29.8 Å². The lowest BCUT2D eigenvalue weighted by atomic mass is 10.2. The zero-order chi connectivity index (χ0) is 11.3. The molecule has 15 heavy (non-hydrogen) atoms. The molecule has 0 atom stereocenters. The van der Waals surface area contributed by atoms with Crippen LogP contribution in [-0.2, 0) is 11.3 Å². The molecule has 1 aromatic carbocycles. The van der Waals surface area contributed by atoms with Crippen LogP contribution in [0.25, 0.3) is 0 Å². The first kappa shape index (κ1) is 11.4. The molecule has 0 aliphatic rings. The highest BCUT2D eigenvalue weighted by molar-refractivity contribution is 5.67. The van der Waals surface area contributed by atoms with Crippen LogP contribution in [-0.4, -0.2) is 12.2 Å². The van der Waals surface area contributed by atoms with E-state index >= 15 is 0 Å². The molecule has 82 valence electrons. The molecule has 1 amide bonds. The third-order valence-electron chi connectivity index (χ3n) is 1.76. The Hall–Kier alpha value is -1.71. The lowest BCUT2D eigenvalue weighted by Gasteiger charge is -2.09. The molecule has 3 N–H and O–H groups in total. The fourth-order valence-electron chi connectivity index (χ4n) is 1.07. The van der Waals surface area contributed by atoms with Gasteiger partial charge in [-0.2, -0.15) is 0 Å². The van der Waals surface area contributed by atoms with E-state index in [9.17, 15) is 4.79 Å².